The molecule has 0 amide bonds. The van der Waals surface area contributed by atoms with E-state index < -0.39 is 5.97 Å². The van der Waals surface area contributed by atoms with Crippen LogP contribution in [-0.2, 0) is 10.1 Å². The van der Waals surface area contributed by atoms with E-state index in [1.54, 1.807) is 6.07 Å². The van der Waals surface area contributed by atoms with Crippen molar-refractivity contribution in [1.29, 1.82) is 5.26 Å². The number of nitrogens with zero attached hydrogens (tertiary/aromatic N) is 1. The molecule has 0 atom stereocenters. The quantitative estimate of drug-likeness (QED) is 0.621. The van der Waals surface area contributed by atoms with Gasteiger partial charge in [-0.1, -0.05) is 27.5 Å². The van der Waals surface area contributed by atoms with Gasteiger partial charge in [0.1, 0.15) is 6.07 Å². The molecule has 0 aliphatic rings. The number of nitriles is 1. The van der Waals surface area contributed by atoms with Gasteiger partial charge in [0.15, 0.2) is 0 Å². The predicted octanol–water partition coefficient (Wildman–Crippen LogP) is 2.89. The smallest absolute Gasteiger partial charge is 0.339 e. The fourth-order valence-electron chi connectivity index (χ4n) is 1.17. The Labute approximate surface area is 101 Å². The first-order valence-corrected chi connectivity index (χ1v) is 5.50. The molecule has 0 unspecified atom stereocenters. The molecule has 0 aromatic heterocycles. The minimum atomic E-state index is -0.559. The van der Waals surface area contributed by atoms with Crippen LogP contribution in [0.15, 0.2) is 12.1 Å². The van der Waals surface area contributed by atoms with Gasteiger partial charge in [-0.25, -0.2) is 4.79 Å². The molecule has 0 saturated heterocycles. The monoisotopic (exact) mass is 287 g/mol. The lowest BCUT2D eigenvalue weighted by atomic mass is 10.0. The molecule has 0 aliphatic heterocycles. The largest absolute Gasteiger partial charge is 0.465 e. The van der Waals surface area contributed by atoms with E-state index in [1.807, 2.05) is 6.07 Å². The van der Waals surface area contributed by atoms with Gasteiger partial charge in [-0.2, -0.15) is 5.26 Å². The second-order valence-electron chi connectivity index (χ2n) is 2.72. The van der Waals surface area contributed by atoms with Crippen LogP contribution in [0.25, 0.3) is 0 Å². The number of hydrogen-bond donors (Lipinski definition) is 0. The Bertz CT molecular complexity index is 440. The summed E-state index contributed by atoms with van der Waals surface area (Å²) in [7, 11) is 1.26. The van der Waals surface area contributed by atoms with Gasteiger partial charge in [0.25, 0.3) is 0 Å². The molecule has 0 N–H and O–H groups in total. The number of carbonyl (C=O) groups is 1. The first kappa shape index (κ1) is 12.0. The van der Waals surface area contributed by atoms with Crippen LogP contribution in [0.2, 0.25) is 5.02 Å². The Morgan fingerprint density at radius 1 is 1.67 bits per heavy atom. The van der Waals surface area contributed by atoms with Gasteiger partial charge in [0.05, 0.1) is 18.2 Å². The van der Waals surface area contributed by atoms with E-state index >= 15 is 0 Å². The Balaban J connectivity index is 3.43. The standard InChI is InChI=1S/C10H7BrClNO2/c1-15-10(14)8-3-7(12)2-6(4-11)9(8)5-13/h2-3H,4H2,1H3. The van der Waals surface area contributed by atoms with Gasteiger partial charge in [0.2, 0.25) is 0 Å². The van der Waals surface area contributed by atoms with Crippen molar-refractivity contribution in [3.63, 3.8) is 0 Å². The van der Waals surface area contributed by atoms with Crippen molar-refractivity contribution in [2.75, 3.05) is 7.11 Å². The lowest BCUT2D eigenvalue weighted by molar-refractivity contribution is 0.0600. The van der Waals surface area contributed by atoms with Crippen LogP contribution in [0, 0.1) is 11.3 Å². The van der Waals surface area contributed by atoms with E-state index in [0.717, 1.165) is 0 Å². The number of alkyl halides is 1. The summed E-state index contributed by atoms with van der Waals surface area (Å²) in [5.41, 5.74) is 1.16. The van der Waals surface area contributed by atoms with E-state index in [0.29, 0.717) is 21.5 Å². The van der Waals surface area contributed by atoms with E-state index in [4.69, 9.17) is 16.9 Å². The molecule has 0 bridgehead atoms. The highest BCUT2D eigenvalue weighted by molar-refractivity contribution is 9.08. The van der Waals surface area contributed by atoms with Gasteiger partial charge in [0, 0.05) is 10.4 Å². The minimum absolute atomic E-state index is 0.196. The van der Waals surface area contributed by atoms with Crippen molar-refractivity contribution in [3.05, 3.63) is 33.8 Å². The van der Waals surface area contributed by atoms with Gasteiger partial charge in [-0.3, -0.25) is 0 Å². The van der Waals surface area contributed by atoms with Crippen molar-refractivity contribution in [1.82, 2.24) is 0 Å². The molecular formula is C10H7BrClNO2. The number of halogens is 2. The Hall–Kier alpha value is -1.05. The fourth-order valence-corrected chi connectivity index (χ4v) is 1.85. The summed E-state index contributed by atoms with van der Waals surface area (Å²) in [4.78, 5) is 11.4. The summed E-state index contributed by atoms with van der Waals surface area (Å²) in [6.45, 7) is 0. The normalized spacial score (nSPS) is 9.47. The second-order valence-corrected chi connectivity index (χ2v) is 3.72. The van der Waals surface area contributed by atoms with Crippen LogP contribution < -0.4 is 0 Å². The Morgan fingerprint density at radius 2 is 2.33 bits per heavy atom. The number of rotatable bonds is 2. The molecule has 3 nitrogen and oxygen atoms in total. The van der Waals surface area contributed by atoms with Crippen LogP contribution in [-0.4, -0.2) is 13.1 Å². The van der Waals surface area contributed by atoms with Crippen molar-refractivity contribution in [2.45, 2.75) is 5.33 Å². The van der Waals surface area contributed by atoms with Crippen LogP contribution in [0.5, 0.6) is 0 Å². The number of hydrogen-bond acceptors (Lipinski definition) is 3. The molecule has 5 heteroatoms. The average Bonchev–Trinajstić information content (AvgIpc) is 2.26. The highest BCUT2D eigenvalue weighted by Gasteiger charge is 2.16. The Kier molecular flexibility index (Phi) is 4.13. The molecule has 1 aromatic rings. The van der Waals surface area contributed by atoms with Crippen LogP contribution in [0.4, 0.5) is 0 Å². The first-order chi connectivity index (χ1) is 7.13. The number of esters is 1. The third kappa shape index (κ3) is 2.49. The van der Waals surface area contributed by atoms with Crippen molar-refractivity contribution in [2.24, 2.45) is 0 Å². The van der Waals surface area contributed by atoms with E-state index in [2.05, 4.69) is 20.7 Å². The van der Waals surface area contributed by atoms with E-state index in [1.165, 1.54) is 13.2 Å². The zero-order valence-corrected chi connectivity index (χ0v) is 10.2. The van der Waals surface area contributed by atoms with E-state index in [9.17, 15) is 4.79 Å². The molecule has 0 saturated carbocycles. The van der Waals surface area contributed by atoms with Gasteiger partial charge in [-0.15, -0.1) is 0 Å². The minimum Gasteiger partial charge on any atom is -0.465 e. The summed E-state index contributed by atoms with van der Waals surface area (Å²) in [6.07, 6.45) is 0. The fraction of sp³-hybridized carbons (Fsp3) is 0.200. The van der Waals surface area contributed by atoms with Gasteiger partial charge >= 0.3 is 5.97 Å². The number of benzene rings is 1. The zero-order chi connectivity index (χ0) is 11.4. The lowest BCUT2D eigenvalue weighted by Crippen LogP contribution is -2.06. The molecule has 0 radical (unpaired) electrons. The highest BCUT2D eigenvalue weighted by Crippen LogP contribution is 2.23. The van der Waals surface area contributed by atoms with Gasteiger partial charge in [-0.05, 0) is 17.7 Å². The molecule has 15 heavy (non-hydrogen) atoms. The summed E-state index contributed by atoms with van der Waals surface area (Å²) in [5.74, 6) is -0.559. The lowest BCUT2D eigenvalue weighted by Gasteiger charge is -2.06. The molecule has 0 fully saturated rings. The molecule has 1 rings (SSSR count). The number of ether oxygens (including phenoxy) is 1. The molecule has 0 spiro atoms. The number of carbonyl (C=O) groups excluding carboxylic acids is 1. The summed E-state index contributed by atoms with van der Waals surface area (Å²) in [5, 5.41) is 9.81. The zero-order valence-electron chi connectivity index (χ0n) is 7.88. The second kappa shape index (κ2) is 5.15. The van der Waals surface area contributed by atoms with Crippen molar-refractivity contribution >= 4 is 33.5 Å². The highest BCUT2D eigenvalue weighted by atomic mass is 79.9. The molecule has 1 aromatic carbocycles. The molecule has 0 heterocycles. The van der Waals surface area contributed by atoms with Crippen LogP contribution >= 0.6 is 27.5 Å². The molecule has 78 valence electrons. The topological polar surface area (TPSA) is 50.1 Å². The Morgan fingerprint density at radius 3 is 2.80 bits per heavy atom. The maximum atomic E-state index is 11.4. The summed E-state index contributed by atoms with van der Waals surface area (Å²) >= 11 is 9.05. The number of methoxy groups -OCH3 is 1. The van der Waals surface area contributed by atoms with E-state index in [-0.39, 0.29) is 5.56 Å². The van der Waals surface area contributed by atoms with Crippen molar-refractivity contribution in [3.8, 4) is 6.07 Å². The van der Waals surface area contributed by atoms with Crippen molar-refractivity contribution < 1.29 is 9.53 Å². The van der Waals surface area contributed by atoms with Gasteiger partial charge < -0.3 is 4.74 Å². The predicted molar refractivity (Wildman–Crippen MR) is 60.1 cm³/mol. The first-order valence-electron chi connectivity index (χ1n) is 4.00. The SMILES string of the molecule is COC(=O)c1cc(Cl)cc(CBr)c1C#N. The maximum Gasteiger partial charge on any atom is 0.339 e. The third-order valence-electron chi connectivity index (χ3n) is 1.85. The maximum absolute atomic E-state index is 11.4. The molecule has 0 aliphatic carbocycles. The average molecular weight is 289 g/mol. The molecular weight excluding hydrogens is 281 g/mol. The summed E-state index contributed by atoms with van der Waals surface area (Å²) in [6, 6.07) is 5.04. The van der Waals surface area contributed by atoms with Crippen LogP contribution in [0.1, 0.15) is 21.5 Å². The summed E-state index contributed by atoms with van der Waals surface area (Å²) < 4.78 is 4.57. The third-order valence-corrected chi connectivity index (χ3v) is 2.67. The van der Waals surface area contributed by atoms with Crippen LogP contribution in [0.3, 0.4) is 0 Å².